The number of anilines is 1. The van der Waals surface area contributed by atoms with Crippen molar-refractivity contribution < 1.29 is 19.4 Å². The Hall–Kier alpha value is -1.92. The summed E-state index contributed by atoms with van der Waals surface area (Å²) in [7, 11) is 0. The molecule has 25 heavy (non-hydrogen) atoms. The maximum absolute atomic E-state index is 12.4. The minimum absolute atomic E-state index is 0.0229. The summed E-state index contributed by atoms with van der Waals surface area (Å²) in [5, 5.41) is 5.93. The molecule has 2 rings (SSSR count). The number of benzene rings is 1. The molecule has 6 heteroatoms. The highest BCUT2D eigenvalue weighted by atomic mass is 16.2. The smallest absolute Gasteiger partial charge is 0.279 e. The van der Waals surface area contributed by atoms with Crippen LogP contribution in [-0.4, -0.2) is 57.1 Å². The van der Waals surface area contributed by atoms with Gasteiger partial charge in [-0.05, 0) is 44.9 Å². The van der Waals surface area contributed by atoms with Crippen molar-refractivity contribution in [2.45, 2.75) is 33.7 Å². The number of amides is 2. The Morgan fingerprint density at radius 2 is 1.84 bits per heavy atom. The third-order valence-corrected chi connectivity index (χ3v) is 5.25. The fourth-order valence-electron chi connectivity index (χ4n) is 3.36. The van der Waals surface area contributed by atoms with E-state index in [4.69, 9.17) is 0 Å². The Balaban J connectivity index is 1.80. The van der Waals surface area contributed by atoms with Crippen LogP contribution in [0.1, 0.15) is 25.0 Å². The molecule has 0 aliphatic carbocycles. The van der Waals surface area contributed by atoms with Gasteiger partial charge in [-0.1, -0.05) is 12.1 Å². The molecule has 1 fully saturated rings. The van der Waals surface area contributed by atoms with E-state index < -0.39 is 0 Å². The molecule has 1 saturated heterocycles. The third-order valence-electron chi connectivity index (χ3n) is 5.25. The lowest BCUT2D eigenvalue weighted by atomic mass is 10.1. The topological polar surface area (TPSA) is 67.1 Å². The van der Waals surface area contributed by atoms with E-state index in [1.165, 1.54) is 15.4 Å². The minimum atomic E-state index is -0.0229. The lowest BCUT2D eigenvalue weighted by Crippen LogP contribution is -3.30. The van der Waals surface area contributed by atoms with Crippen LogP contribution < -0.4 is 20.4 Å². The van der Waals surface area contributed by atoms with Crippen LogP contribution in [0.3, 0.4) is 0 Å². The maximum Gasteiger partial charge on any atom is 0.279 e. The van der Waals surface area contributed by atoms with Gasteiger partial charge in [0.15, 0.2) is 12.6 Å². The molecule has 1 aromatic rings. The Labute approximate surface area is 150 Å². The SMILES string of the molecule is CCNC(=O)[C@@H](C)[NH+]1CC[NH+](CC(=O)Nc2cccc(C)c2C)CC1. The van der Waals surface area contributed by atoms with Crippen molar-refractivity contribution in [3.8, 4) is 0 Å². The van der Waals surface area contributed by atoms with Crippen molar-refractivity contribution in [1.29, 1.82) is 0 Å². The second kappa shape index (κ2) is 8.97. The average Bonchev–Trinajstić information content (AvgIpc) is 2.59. The van der Waals surface area contributed by atoms with Crippen molar-refractivity contribution in [2.75, 3.05) is 44.6 Å². The summed E-state index contributed by atoms with van der Waals surface area (Å²) in [6.45, 7) is 12.8. The molecule has 0 bridgehead atoms. The Kier molecular flexibility index (Phi) is 6.96. The number of carbonyl (C=O) groups excluding carboxylic acids is 2. The van der Waals surface area contributed by atoms with Crippen LogP contribution in [0.25, 0.3) is 0 Å². The van der Waals surface area contributed by atoms with Gasteiger partial charge in [0.05, 0.1) is 0 Å². The number of likely N-dealkylation sites (N-methyl/N-ethyl adjacent to an activating group) is 1. The quantitative estimate of drug-likeness (QED) is 0.508. The molecule has 0 aromatic heterocycles. The highest BCUT2D eigenvalue weighted by molar-refractivity contribution is 5.92. The maximum atomic E-state index is 12.4. The second-order valence-electron chi connectivity index (χ2n) is 7.00. The van der Waals surface area contributed by atoms with Gasteiger partial charge in [0.1, 0.15) is 26.2 Å². The predicted octanol–water partition coefficient (Wildman–Crippen LogP) is -1.45. The van der Waals surface area contributed by atoms with Crippen LogP contribution in [-0.2, 0) is 9.59 Å². The number of piperazine rings is 1. The van der Waals surface area contributed by atoms with Crippen LogP contribution in [0.4, 0.5) is 5.69 Å². The molecule has 0 radical (unpaired) electrons. The van der Waals surface area contributed by atoms with E-state index in [1.54, 1.807) is 0 Å². The summed E-state index contributed by atoms with van der Waals surface area (Å²) in [5.74, 6) is 0.178. The van der Waals surface area contributed by atoms with E-state index >= 15 is 0 Å². The lowest BCUT2D eigenvalue weighted by molar-refractivity contribution is -1.01. The number of hydrogen-bond acceptors (Lipinski definition) is 2. The monoisotopic (exact) mass is 348 g/mol. The van der Waals surface area contributed by atoms with E-state index in [2.05, 4.69) is 10.6 Å². The summed E-state index contributed by atoms with van der Waals surface area (Å²) >= 11 is 0. The predicted molar refractivity (Wildman–Crippen MR) is 99.0 cm³/mol. The van der Waals surface area contributed by atoms with Crippen molar-refractivity contribution in [3.05, 3.63) is 29.3 Å². The zero-order chi connectivity index (χ0) is 18.4. The standard InChI is InChI=1S/C19H30N4O2/c1-5-20-19(25)16(4)23-11-9-22(10-12-23)13-18(24)21-17-8-6-7-14(2)15(17)3/h6-8,16H,5,9-13H2,1-4H3,(H,20,25)(H,21,24)/p+2/t16-/m1/s1. The zero-order valence-corrected chi connectivity index (χ0v) is 15.9. The van der Waals surface area contributed by atoms with Crippen molar-refractivity contribution in [3.63, 3.8) is 0 Å². The summed E-state index contributed by atoms with van der Waals surface area (Å²) in [6.07, 6.45) is 0. The highest BCUT2D eigenvalue weighted by Gasteiger charge is 2.31. The molecule has 2 amide bonds. The molecule has 1 aromatic carbocycles. The van der Waals surface area contributed by atoms with Gasteiger partial charge in [0.2, 0.25) is 0 Å². The Morgan fingerprint density at radius 1 is 1.16 bits per heavy atom. The van der Waals surface area contributed by atoms with Crippen molar-refractivity contribution in [1.82, 2.24) is 5.32 Å². The number of quaternary nitrogens is 2. The zero-order valence-electron chi connectivity index (χ0n) is 15.9. The van der Waals surface area contributed by atoms with Gasteiger partial charge < -0.3 is 20.4 Å². The van der Waals surface area contributed by atoms with E-state index in [0.717, 1.165) is 37.4 Å². The molecule has 4 N–H and O–H groups in total. The summed E-state index contributed by atoms with van der Waals surface area (Å²) in [4.78, 5) is 26.9. The molecule has 0 spiro atoms. The van der Waals surface area contributed by atoms with Gasteiger partial charge in [-0.3, -0.25) is 9.59 Å². The summed E-state index contributed by atoms with van der Waals surface area (Å²) in [6, 6.07) is 5.94. The molecule has 1 heterocycles. The Morgan fingerprint density at radius 3 is 2.48 bits per heavy atom. The lowest BCUT2D eigenvalue weighted by Gasteiger charge is -2.32. The molecule has 6 nitrogen and oxygen atoms in total. The number of hydrogen-bond donors (Lipinski definition) is 4. The van der Waals surface area contributed by atoms with E-state index in [1.807, 2.05) is 45.9 Å². The highest BCUT2D eigenvalue weighted by Crippen LogP contribution is 2.17. The normalized spacial score (nSPS) is 21.4. The van der Waals surface area contributed by atoms with Gasteiger partial charge in [-0.2, -0.15) is 0 Å². The molecular formula is C19H32N4O2+2. The molecule has 0 unspecified atom stereocenters. The fraction of sp³-hybridized carbons (Fsp3) is 0.579. The Bertz CT molecular complexity index is 609. The first-order valence-corrected chi connectivity index (χ1v) is 9.24. The summed E-state index contributed by atoms with van der Waals surface area (Å²) in [5.41, 5.74) is 3.20. The van der Waals surface area contributed by atoms with Gasteiger partial charge in [-0.15, -0.1) is 0 Å². The second-order valence-corrected chi connectivity index (χ2v) is 7.00. The first-order chi connectivity index (χ1) is 11.9. The molecule has 1 aliphatic heterocycles. The van der Waals surface area contributed by atoms with E-state index in [-0.39, 0.29) is 17.9 Å². The van der Waals surface area contributed by atoms with Crippen LogP contribution in [0.2, 0.25) is 0 Å². The number of nitrogens with one attached hydrogen (secondary N) is 4. The van der Waals surface area contributed by atoms with Gasteiger partial charge in [-0.25, -0.2) is 0 Å². The molecule has 0 saturated carbocycles. The van der Waals surface area contributed by atoms with Gasteiger partial charge >= 0.3 is 0 Å². The van der Waals surface area contributed by atoms with Crippen LogP contribution in [0.15, 0.2) is 18.2 Å². The molecule has 1 aliphatic rings. The minimum Gasteiger partial charge on any atom is -0.351 e. The third kappa shape index (κ3) is 5.28. The number of rotatable bonds is 6. The van der Waals surface area contributed by atoms with E-state index in [9.17, 15) is 9.59 Å². The van der Waals surface area contributed by atoms with Gasteiger partial charge in [0.25, 0.3) is 11.8 Å². The fourth-order valence-corrected chi connectivity index (χ4v) is 3.36. The summed E-state index contributed by atoms with van der Waals surface area (Å²) < 4.78 is 0. The molecule has 1 atom stereocenters. The van der Waals surface area contributed by atoms with Crippen LogP contribution in [0.5, 0.6) is 0 Å². The van der Waals surface area contributed by atoms with Gasteiger partial charge in [0, 0.05) is 12.2 Å². The van der Waals surface area contributed by atoms with E-state index in [0.29, 0.717) is 13.1 Å². The van der Waals surface area contributed by atoms with Crippen molar-refractivity contribution in [2.24, 2.45) is 0 Å². The first kappa shape index (κ1) is 19.4. The average molecular weight is 348 g/mol. The largest absolute Gasteiger partial charge is 0.351 e. The number of carbonyl (C=O) groups is 2. The molecular weight excluding hydrogens is 316 g/mol. The number of aryl methyl sites for hydroxylation is 1. The van der Waals surface area contributed by atoms with Crippen LogP contribution >= 0.6 is 0 Å². The first-order valence-electron chi connectivity index (χ1n) is 9.24. The molecule has 138 valence electrons. The van der Waals surface area contributed by atoms with Crippen molar-refractivity contribution >= 4 is 17.5 Å². The van der Waals surface area contributed by atoms with Crippen LogP contribution in [0, 0.1) is 13.8 Å².